The van der Waals surface area contributed by atoms with Crippen LogP contribution in [0.2, 0.25) is 0 Å². The highest BCUT2D eigenvalue weighted by molar-refractivity contribution is 5.86. The highest BCUT2D eigenvalue weighted by Gasteiger charge is 2.25. The minimum atomic E-state index is -0.465. The molecule has 0 amide bonds. The molecule has 1 aromatic heterocycles. The van der Waals surface area contributed by atoms with E-state index in [0.717, 1.165) is 0 Å². The minimum Gasteiger partial charge on any atom is -0.461 e. The highest BCUT2D eigenvalue weighted by atomic mass is 16.6. The van der Waals surface area contributed by atoms with Crippen molar-refractivity contribution in [3.8, 4) is 0 Å². The Morgan fingerprint density at radius 2 is 2.23 bits per heavy atom. The van der Waals surface area contributed by atoms with Gasteiger partial charge in [0.2, 0.25) is 6.20 Å². The van der Waals surface area contributed by atoms with E-state index >= 15 is 0 Å². The standard InChI is InChI=1S/C8H11N2O3/c1-6-7(8(11)12-2)10(13-3)5-4-9-6/h4-5H,1-3H3/q+1. The summed E-state index contributed by atoms with van der Waals surface area (Å²) in [6, 6.07) is 0. The second-order valence-corrected chi connectivity index (χ2v) is 2.36. The van der Waals surface area contributed by atoms with Gasteiger partial charge in [0.1, 0.15) is 12.8 Å². The fourth-order valence-corrected chi connectivity index (χ4v) is 0.987. The van der Waals surface area contributed by atoms with Crippen LogP contribution in [0.1, 0.15) is 16.2 Å². The first kappa shape index (κ1) is 9.44. The van der Waals surface area contributed by atoms with Crippen LogP contribution < -0.4 is 9.57 Å². The molecule has 1 heterocycles. The number of hydrogen-bond acceptors (Lipinski definition) is 4. The van der Waals surface area contributed by atoms with Gasteiger partial charge in [0.15, 0.2) is 0 Å². The zero-order chi connectivity index (χ0) is 9.84. The summed E-state index contributed by atoms with van der Waals surface area (Å²) >= 11 is 0. The topological polar surface area (TPSA) is 52.3 Å². The number of nitrogens with zero attached hydrogens (tertiary/aromatic N) is 2. The fraction of sp³-hybridized carbons (Fsp3) is 0.375. The van der Waals surface area contributed by atoms with Gasteiger partial charge in [-0.05, 0) is 6.92 Å². The van der Waals surface area contributed by atoms with Gasteiger partial charge in [-0.1, -0.05) is 0 Å². The molecule has 0 saturated carbocycles. The minimum absolute atomic E-state index is 0.299. The van der Waals surface area contributed by atoms with Gasteiger partial charge >= 0.3 is 11.7 Å². The van der Waals surface area contributed by atoms with Crippen LogP contribution in [0.3, 0.4) is 0 Å². The molecule has 0 spiro atoms. The van der Waals surface area contributed by atoms with Crippen LogP contribution in [0.15, 0.2) is 12.4 Å². The van der Waals surface area contributed by atoms with Crippen LogP contribution in [0.5, 0.6) is 0 Å². The molecule has 1 aromatic rings. The van der Waals surface area contributed by atoms with E-state index in [1.54, 1.807) is 19.3 Å². The molecule has 1 rings (SSSR count). The average molecular weight is 183 g/mol. The summed E-state index contributed by atoms with van der Waals surface area (Å²) in [7, 11) is 2.78. The molecule has 0 aliphatic rings. The van der Waals surface area contributed by atoms with Crippen molar-refractivity contribution in [2.75, 3.05) is 14.2 Å². The second kappa shape index (κ2) is 3.84. The van der Waals surface area contributed by atoms with E-state index in [-0.39, 0.29) is 0 Å². The molecule has 5 nitrogen and oxygen atoms in total. The molecule has 0 radical (unpaired) electrons. The third-order valence-corrected chi connectivity index (χ3v) is 1.61. The first-order valence-electron chi connectivity index (χ1n) is 3.70. The predicted molar refractivity (Wildman–Crippen MR) is 43.0 cm³/mol. The monoisotopic (exact) mass is 183 g/mol. The molecular weight excluding hydrogens is 172 g/mol. The SMILES string of the molecule is COC(=O)c1c(C)ncc[n+]1OC. The summed E-state index contributed by atoms with van der Waals surface area (Å²) in [6.07, 6.45) is 3.09. The summed E-state index contributed by atoms with van der Waals surface area (Å²) < 4.78 is 5.89. The molecule has 0 aliphatic carbocycles. The normalized spacial score (nSPS) is 9.46. The maximum Gasteiger partial charge on any atom is 0.410 e. The maximum absolute atomic E-state index is 11.3. The first-order chi connectivity index (χ1) is 6.20. The Balaban J connectivity index is 3.22. The van der Waals surface area contributed by atoms with Crippen LogP contribution in [-0.4, -0.2) is 25.2 Å². The molecule has 0 unspecified atom stereocenters. The summed E-state index contributed by atoms with van der Waals surface area (Å²) in [4.78, 5) is 20.1. The first-order valence-corrected chi connectivity index (χ1v) is 3.70. The lowest BCUT2D eigenvalue weighted by molar-refractivity contribution is -0.887. The Labute approximate surface area is 75.9 Å². The van der Waals surface area contributed by atoms with Crippen LogP contribution in [-0.2, 0) is 4.74 Å². The van der Waals surface area contributed by atoms with Gasteiger partial charge in [0.05, 0.1) is 13.3 Å². The Morgan fingerprint density at radius 3 is 2.77 bits per heavy atom. The molecule has 0 aliphatic heterocycles. The molecule has 0 N–H and O–H groups in total. The third-order valence-electron chi connectivity index (χ3n) is 1.61. The van der Waals surface area contributed by atoms with E-state index in [1.807, 2.05) is 0 Å². The van der Waals surface area contributed by atoms with Gasteiger partial charge in [0, 0.05) is 4.73 Å². The van der Waals surface area contributed by atoms with Gasteiger partial charge in [-0.3, -0.25) is 4.84 Å². The fourth-order valence-electron chi connectivity index (χ4n) is 0.987. The number of aromatic nitrogens is 2. The molecule has 0 aromatic carbocycles. The summed E-state index contributed by atoms with van der Waals surface area (Å²) in [5.41, 5.74) is 0.865. The Morgan fingerprint density at radius 1 is 1.54 bits per heavy atom. The third kappa shape index (κ3) is 1.74. The number of hydrogen-bond donors (Lipinski definition) is 0. The second-order valence-electron chi connectivity index (χ2n) is 2.36. The van der Waals surface area contributed by atoms with E-state index in [4.69, 9.17) is 4.84 Å². The number of carbonyl (C=O) groups is 1. The lowest BCUT2D eigenvalue weighted by Crippen LogP contribution is -2.47. The van der Waals surface area contributed by atoms with Crippen molar-refractivity contribution in [2.24, 2.45) is 0 Å². The zero-order valence-corrected chi connectivity index (χ0v) is 7.77. The molecule has 0 bridgehead atoms. The summed E-state index contributed by atoms with van der Waals surface area (Å²) in [5, 5.41) is 0. The van der Waals surface area contributed by atoms with E-state index in [9.17, 15) is 4.79 Å². The number of methoxy groups -OCH3 is 1. The smallest absolute Gasteiger partial charge is 0.410 e. The molecule has 70 valence electrons. The van der Waals surface area contributed by atoms with Crippen LogP contribution in [0.4, 0.5) is 0 Å². The van der Waals surface area contributed by atoms with Crippen molar-refractivity contribution in [2.45, 2.75) is 6.92 Å². The number of esters is 1. The molecule has 0 atom stereocenters. The van der Waals surface area contributed by atoms with Crippen molar-refractivity contribution in [3.05, 3.63) is 23.8 Å². The molecule has 5 heteroatoms. The number of aryl methyl sites for hydroxylation is 1. The molecule has 0 saturated heterocycles. The van der Waals surface area contributed by atoms with E-state index < -0.39 is 5.97 Å². The summed E-state index contributed by atoms with van der Waals surface area (Å²) in [6.45, 7) is 1.71. The Hall–Kier alpha value is -1.65. The molecular formula is C8H11N2O3+. The predicted octanol–water partition coefficient (Wildman–Crippen LogP) is -0.477. The summed E-state index contributed by atoms with van der Waals surface area (Å²) in [5.74, 6) is -0.465. The van der Waals surface area contributed by atoms with E-state index in [0.29, 0.717) is 11.4 Å². The largest absolute Gasteiger partial charge is 0.461 e. The van der Waals surface area contributed by atoms with Crippen molar-refractivity contribution in [1.29, 1.82) is 0 Å². The Bertz CT molecular complexity index is 325. The highest BCUT2D eigenvalue weighted by Crippen LogP contribution is 1.98. The lowest BCUT2D eigenvalue weighted by atomic mass is 10.3. The van der Waals surface area contributed by atoms with Crippen LogP contribution in [0, 0.1) is 6.92 Å². The quantitative estimate of drug-likeness (QED) is 0.459. The zero-order valence-electron chi connectivity index (χ0n) is 7.77. The average Bonchev–Trinajstić information content (AvgIpc) is 2.16. The van der Waals surface area contributed by atoms with Gasteiger partial charge in [-0.15, -0.1) is 0 Å². The van der Waals surface area contributed by atoms with E-state index in [2.05, 4.69) is 9.72 Å². The van der Waals surface area contributed by atoms with Crippen LogP contribution >= 0.6 is 0 Å². The van der Waals surface area contributed by atoms with Crippen molar-refractivity contribution in [3.63, 3.8) is 0 Å². The molecule has 0 fully saturated rings. The molecule has 13 heavy (non-hydrogen) atoms. The van der Waals surface area contributed by atoms with Crippen LogP contribution in [0.25, 0.3) is 0 Å². The van der Waals surface area contributed by atoms with Gasteiger partial charge < -0.3 is 4.74 Å². The van der Waals surface area contributed by atoms with Crippen molar-refractivity contribution >= 4 is 5.97 Å². The number of ether oxygens (including phenoxy) is 1. The van der Waals surface area contributed by atoms with Gasteiger partial charge in [0.25, 0.3) is 0 Å². The number of carbonyl (C=O) groups excluding carboxylic acids is 1. The van der Waals surface area contributed by atoms with E-state index in [1.165, 1.54) is 19.0 Å². The van der Waals surface area contributed by atoms with Crippen molar-refractivity contribution < 1.29 is 19.1 Å². The maximum atomic E-state index is 11.3. The lowest BCUT2D eigenvalue weighted by Gasteiger charge is -1.99. The number of rotatable bonds is 2. The van der Waals surface area contributed by atoms with Crippen molar-refractivity contribution in [1.82, 2.24) is 4.98 Å². The Kier molecular flexibility index (Phi) is 2.79. The van der Waals surface area contributed by atoms with Gasteiger partial charge in [-0.2, -0.15) is 0 Å². The van der Waals surface area contributed by atoms with Gasteiger partial charge in [-0.25, -0.2) is 9.78 Å².